The number of hydrogen-bond donors (Lipinski definition) is 2. The average Bonchev–Trinajstić information content (AvgIpc) is 3.06. The fraction of sp³-hybridized carbons (Fsp3) is 0.682. The molecule has 2 aromatic rings. The molecule has 0 aliphatic heterocycles. The van der Waals surface area contributed by atoms with E-state index in [-0.39, 0.29) is 70.2 Å². The van der Waals surface area contributed by atoms with Gasteiger partial charge in [-0.1, -0.05) is 79.7 Å². The van der Waals surface area contributed by atoms with Crippen LogP contribution in [0, 0.1) is 11.6 Å². The van der Waals surface area contributed by atoms with Gasteiger partial charge in [0.2, 0.25) is 0 Å². The van der Waals surface area contributed by atoms with Crippen LogP contribution in [0.15, 0.2) is 48.5 Å². The van der Waals surface area contributed by atoms with E-state index in [1.807, 2.05) is 13.8 Å². The van der Waals surface area contributed by atoms with Gasteiger partial charge >= 0.3 is 0 Å². The summed E-state index contributed by atoms with van der Waals surface area (Å²) >= 11 is 0. The molecular weight excluding hydrogens is 719 g/mol. The highest BCUT2D eigenvalue weighted by atomic mass is 28.4. The van der Waals surface area contributed by atoms with Gasteiger partial charge in [-0.25, -0.2) is 8.78 Å². The predicted molar refractivity (Wildman–Crippen MR) is 220 cm³/mol. The number of Topliss-reactive ketones (excluding diaryl/α,β-unsaturated/α-hetero) is 2. The second kappa shape index (κ2) is 18.0. The fourth-order valence-corrected chi connectivity index (χ4v) is 9.72. The zero-order valence-electron chi connectivity index (χ0n) is 35.3. The summed E-state index contributed by atoms with van der Waals surface area (Å²) in [6.07, 6.45) is 5.54. The highest BCUT2D eigenvalue weighted by Gasteiger charge is 2.45. The van der Waals surface area contributed by atoms with Crippen LogP contribution in [-0.4, -0.2) is 61.8 Å². The van der Waals surface area contributed by atoms with Crippen LogP contribution < -0.4 is 0 Å². The zero-order chi connectivity index (χ0) is 40.9. The largest absolute Gasteiger partial charge is 0.414 e. The quantitative estimate of drug-likeness (QED) is 0.208. The van der Waals surface area contributed by atoms with Crippen molar-refractivity contribution in [3.8, 4) is 0 Å². The molecule has 2 aliphatic rings. The molecule has 0 bridgehead atoms. The van der Waals surface area contributed by atoms with Gasteiger partial charge in [0.1, 0.15) is 22.8 Å². The lowest BCUT2D eigenvalue weighted by Gasteiger charge is -2.42. The van der Waals surface area contributed by atoms with Gasteiger partial charge < -0.3 is 19.1 Å². The van der Waals surface area contributed by atoms with Crippen LogP contribution in [0.2, 0.25) is 36.3 Å². The van der Waals surface area contributed by atoms with E-state index in [9.17, 15) is 28.6 Å². The number of carbonyl (C=O) groups excluding carboxylic acids is 2. The highest BCUT2D eigenvalue weighted by molar-refractivity contribution is 6.74. The predicted octanol–water partition coefficient (Wildman–Crippen LogP) is 11.2. The molecule has 2 N–H and O–H groups in total. The number of hydrogen-bond acceptors (Lipinski definition) is 6. The maximum atomic E-state index is 13.1. The van der Waals surface area contributed by atoms with Gasteiger partial charge in [0.05, 0.1) is 0 Å². The number of halogens is 2. The Balaban J connectivity index is 0.000000290. The summed E-state index contributed by atoms with van der Waals surface area (Å²) in [5.74, 6) is -0.853. The SMILES string of the molecule is C[C@@H](CC(=O)C1(O)CCC(O[Si](C)(C)C(C)(C)C)CC1)c1ccc(F)cc1.C[C@@H](CC(=O)C1(O)CCC(O[Si](C)(C)C(C)(C)C)CC1)c1ccc(F)cc1. The van der Waals surface area contributed by atoms with Crippen molar-refractivity contribution < 1.29 is 37.4 Å². The maximum absolute atomic E-state index is 13.1. The topological polar surface area (TPSA) is 93.1 Å². The van der Waals surface area contributed by atoms with E-state index >= 15 is 0 Å². The minimum absolute atomic E-state index is 0.0386. The monoisotopic (exact) mass is 788 g/mol. The van der Waals surface area contributed by atoms with Crippen molar-refractivity contribution >= 4 is 28.2 Å². The van der Waals surface area contributed by atoms with Crippen LogP contribution in [-0.2, 0) is 18.4 Å². The van der Waals surface area contributed by atoms with Crippen molar-refractivity contribution in [2.75, 3.05) is 0 Å². The van der Waals surface area contributed by atoms with Crippen molar-refractivity contribution in [1.29, 1.82) is 0 Å². The summed E-state index contributed by atoms with van der Waals surface area (Å²) in [7, 11) is -3.68. The summed E-state index contributed by atoms with van der Waals surface area (Å²) in [4.78, 5) is 25.5. The molecule has 4 rings (SSSR count). The summed E-state index contributed by atoms with van der Waals surface area (Å²) < 4.78 is 39.1. The molecule has 2 fully saturated rings. The Morgan fingerprint density at radius 1 is 0.630 bits per heavy atom. The van der Waals surface area contributed by atoms with E-state index in [0.717, 1.165) is 36.8 Å². The lowest BCUT2D eigenvalue weighted by atomic mass is 9.77. The van der Waals surface area contributed by atoms with Gasteiger partial charge in [-0.3, -0.25) is 9.59 Å². The Hall–Kier alpha value is -2.09. The molecule has 0 amide bonds. The standard InChI is InChI=1S/2C22H35FO3Si/c2*1-16(17-7-9-18(23)10-8-17)15-20(24)22(25)13-11-19(12-14-22)26-27(5,6)21(2,3)4/h2*7-10,16,19,25H,11-15H2,1-6H3/t2*16-,19?,22?/m00/s1. The van der Waals surface area contributed by atoms with Gasteiger partial charge in [-0.05, 0) is 135 Å². The molecule has 304 valence electrons. The third kappa shape index (κ3) is 12.5. The van der Waals surface area contributed by atoms with Crippen LogP contribution >= 0.6 is 0 Å². The number of ketones is 2. The van der Waals surface area contributed by atoms with E-state index in [4.69, 9.17) is 8.85 Å². The second-order valence-corrected chi connectivity index (χ2v) is 28.9. The highest BCUT2D eigenvalue weighted by Crippen LogP contribution is 2.42. The molecule has 54 heavy (non-hydrogen) atoms. The first-order valence-electron chi connectivity index (χ1n) is 20.1. The Morgan fingerprint density at radius 3 is 1.13 bits per heavy atom. The molecule has 0 saturated heterocycles. The third-order valence-corrected chi connectivity index (χ3v) is 22.0. The number of carbonyl (C=O) groups is 2. The number of rotatable bonds is 12. The van der Waals surface area contributed by atoms with Crippen LogP contribution in [0.5, 0.6) is 0 Å². The van der Waals surface area contributed by atoms with Gasteiger partial charge in [0.15, 0.2) is 28.2 Å². The molecule has 2 aliphatic carbocycles. The van der Waals surface area contributed by atoms with Crippen LogP contribution in [0.1, 0.15) is 143 Å². The third-order valence-electron chi connectivity index (χ3n) is 13.0. The molecule has 0 radical (unpaired) electrons. The smallest absolute Gasteiger partial charge is 0.192 e. The van der Waals surface area contributed by atoms with E-state index in [2.05, 4.69) is 67.7 Å². The summed E-state index contributed by atoms with van der Waals surface area (Å²) in [6, 6.07) is 12.5. The lowest BCUT2D eigenvalue weighted by molar-refractivity contribution is -0.143. The molecule has 0 unspecified atom stereocenters. The molecule has 0 spiro atoms. The maximum Gasteiger partial charge on any atom is 0.192 e. The number of benzene rings is 2. The molecule has 2 aromatic carbocycles. The molecule has 2 saturated carbocycles. The first-order chi connectivity index (χ1) is 24.7. The Labute approximate surface area is 327 Å². The van der Waals surface area contributed by atoms with Crippen molar-refractivity contribution in [2.45, 2.75) is 191 Å². The van der Waals surface area contributed by atoms with Gasteiger partial charge in [-0.2, -0.15) is 0 Å². The molecule has 0 aromatic heterocycles. The second-order valence-electron chi connectivity index (χ2n) is 19.4. The lowest BCUT2D eigenvalue weighted by Crippen LogP contribution is -2.48. The van der Waals surface area contributed by atoms with Crippen LogP contribution in [0.4, 0.5) is 8.78 Å². The van der Waals surface area contributed by atoms with Gasteiger partial charge in [0, 0.05) is 25.0 Å². The molecule has 6 nitrogen and oxygen atoms in total. The first kappa shape index (κ1) is 46.3. The van der Waals surface area contributed by atoms with Crippen molar-refractivity contribution in [3.63, 3.8) is 0 Å². The minimum atomic E-state index is -1.84. The van der Waals surface area contributed by atoms with Gasteiger partial charge in [-0.15, -0.1) is 0 Å². The van der Waals surface area contributed by atoms with E-state index < -0.39 is 27.8 Å². The summed E-state index contributed by atoms with van der Waals surface area (Å²) in [5.41, 5.74) is -0.657. The summed E-state index contributed by atoms with van der Waals surface area (Å²) in [6.45, 7) is 26.2. The zero-order valence-corrected chi connectivity index (χ0v) is 37.3. The van der Waals surface area contributed by atoms with E-state index in [0.29, 0.717) is 25.7 Å². The van der Waals surface area contributed by atoms with Crippen molar-refractivity contribution in [3.05, 3.63) is 71.3 Å². The van der Waals surface area contributed by atoms with Crippen molar-refractivity contribution in [2.24, 2.45) is 0 Å². The Bertz CT molecular complexity index is 1400. The fourth-order valence-electron chi connectivity index (χ4n) is 6.87. The normalized spacial score (nSPS) is 25.3. The molecule has 10 heteroatoms. The Kier molecular flexibility index (Phi) is 15.4. The van der Waals surface area contributed by atoms with E-state index in [1.54, 1.807) is 24.3 Å². The van der Waals surface area contributed by atoms with Crippen LogP contribution in [0.3, 0.4) is 0 Å². The van der Waals surface area contributed by atoms with Crippen LogP contribution in [0.25, 0.3) is 0 Å². The Morgan fingerprint density at radius 2 is 0.889 bits per heavy atom. The molecular formula is C44H70F2O6Si2. The van der Waals surface area contributed by atoms with Gasteiger partial charge in [0.25, 0.3) is 0 Å². The van der Waals surface area contributed by atoms with E-state index in [1.165, 1.54) is 24.3 Å². The first-order valence-corrected chi connectivity index (χ1v) is 25.9. The average molecular weight is 789 g/mol. The molecule has 0 heterocycles. The van der Waals surface area contributed by atoms with Crippen molar-refractivity contribution in [1.82, 2.24) is 0 Å². The minimum Gasteiger partial charge on any atom is -0.414 e. The molecule has 2 atom stereocenters. The summed E-state index contributed by atoms with van der Waals surface area (Å²) in [5, 5.41) is 22.1. The number of aliphatic hydroxyl groups is 2.